The summed E-state index contributed by atoms with van der Waals surface area (Å²) in [6.45, 7) is 0.576. The molecule has 4 rings (SSSR count). The number of carbonyl (C=O) groups is 3. The fourth-order valence-corrected chi connectivity index (χ4v) is 3.30. The lowest BCUT2D eigenvalue weighted by atomic mass is 10.1. The summed E-state index contributed by atoms with van der Waals surface area (Å²) in [6, 6.07) is 13.6. The molecule has 1 fully saturated rings. The van der Waals surface area contributed by atoms with Crippen molar-refractivity contribution in [3.05, 3.63) is 66.0 Å². The van der Waals surface area contributed by atoms with Crippen LogP contribution in [0.5, 0.6) is 0 Å². The molecular formula is C22H21N5O5. The second kappa shape index (κ2) is 9.40. The van der Waals surface area contributed by atoms with Crippen molar-refractivity contribution in [1.29, 1.82) is 0 Å². The van der Waals surface area contributed by atoms with Crippen molar-refractivity contribution in [2.45, 2.75) is 18.9 Å². The Morgan fingerprint density at radius 2 is 1.97 bits per heavy atom. The van der Waals surface area contributed by atoms with Crippen LogP contribution >= 0.6 is 0 Å². The minimum atomic E-state index is -0.611. The Bertz CT molecular complexity index is 1150. The zero-order valence-electron chi connectivity index (χ0n) is 17.3. The first kappa shape index (κ1) is 21.2. The maximum Gasteiger partial charge on any atom is 0.360 e. The van der Waals surface area contributed by atoms with Gasteiger partial charge in [0.2, 0.25) is 0 Å². The lowest BCUT2D eigenvalue weighted by Gasteiger charge is -2.13. The maximum absolute atomic E-state index is 12.9. The van der Waals surface area contributed by atoms with Crippen LogP contribution < -0.4 is 10.6 Å². The normalized spacial score (nSPS) is 15.2. The lowest BCUT2D eigenvalue weighted by molar-refractivity contribution is -0.124. The first-order chi connectivity index (χ1) is 15.5. The van der Waals surface area contributed by atoms with Crippen molar-refractivity contribution in [3.8, 4) is 5.69 Å². The van der Waals surface area contributed by atoms with Crippen LogP contribution in [0.15, 0.2) is 54.7 Å². The van der Waals surface area contributed by atoms with Gasteiger partial charge in [0.15, 0.2) is 5.69 Å². The predicted molar refractivity (Wildman–Crippen MR) is 115 cm³/mol. The molecule has 0 bridgehead atoms. The number of carbonyl (C=O) groups excluding carboxylic acids is 3. The van der Waals surface area contributed by atoms with Crippen LogP contribution in [-0.2, 0) is 14.3 Å². The van der Waals surface area contributed by atoms with Crippen LogP contribution in [0.1, 0.15) is 33.7 Å². The van der Waals surface area contributed by atoms with Crippen LogP contribution in [0.25, 0.3) is 5.69 Å². The average Bonchev–Trinajstić information content (AvgIpc) is 3.52. The molecule has 1 aliphatic heterocycles. The average molecular weight is 435 g/mol. The van der Waals surface area contributed by atoms with Gasteiger partial charge in [-0.3, -0.25) is 9.59 Å². The number of ether oxygens (including phenoxy) is 2. The summed E-state index contributed by atoms with van der Waals surface area (Å²) in [5.41, 5.74) is 1.89. The van der Waals surface area contributed by atoms with Gasteiger partial charge in [0.05, 0.1) is 24.7 Å². The quantitative estimate of drug-likeness (QED) is 0.570. The van der Waals surface area contributed by atoms with Crippen LogP contribution in [0.4, 0.5) is 11.4 Å². The summed E-state index contributed by atoms with van der Waals surface area (Å²) < 4.78 is 11.4. The predicted octanol–water partition coefficient (Wildman–Crippen LogP) is 2.42. The molecule has 2 N–H and O–H groups in total. The Balaban J connectivity index is 1.50. The van der Waals surface area contributed by atoms with E-state index in [0.717, 1.165) is 6.42 Å². The van der Waals surface area contributed by atoms with Crippen LogP contribution in [0, 0.1) is 0 Å². The van der Waals surface area contributed by atoms with Gasteiger partial charge in [-0.15, -0.1) is 5.10 Å². The topological polar surface area (TPSA) is 124 Å². The van der Waals surface area contributed by atoms with E-state index < -0.39 is 12.1 Å². The fraction of sp³-hybridized carbons (Fsp3) is 0.227. The first-order valence-corrected chi connectivity index (χ1v) is 9.99. The Morgan fingerprint density at radius 1 is 1.12 bits per heavy atom. The maximum atomic E-state index is 12.9. The summed E-state index contributed by atoms with van der Waals surface area (Å²) in [4.78, 5) is 36.8. The highest BCUT2D eigenvalue weighted by Crippen LogP contribution is 2.21. The Hall–Kier alpha value is -4.05. The number of nitrogens with zero attached hydrogens (tertiary/aromatic N) is 3. The highest BCUT2D eigenvalue weighted by molar-refractivity contribution is 6.06. The smallest absolute Gasteiger partial charge is 0.360 e. The molecule has 1 aliphatic rings. The van der Waals surface area contributed by atoms with Crippen molar-refractivity contribution in [2.75, 3.05) is 24.4 Å². The van der Waals surface area contributed by atoms with E-state index in [1.165, 1.54) is 18.0 Å². The molecule has 0 saturated carbocycles. The summed E-state index contributed by atoms with van der Waals surface area (Å²) in [5.74, 6) is -1.21. The molecule has 1 unspecified atom stereocenters. The second-order valence-corrected chi connectivity index (χ2v) is 7.08. The van der Waals surface area contributed by atoms with Gasteiger partial charge in [0, 0.05) is 17.9 Å². The number of esters is 1. The van der Waals surface area contributed by atoms with E-state index in [9.17, 15) is 14.4 Å². The number of nitrogens with one attached hydrogen (secondary N) is 2. The third kappa shape index (κ3) is 4.65. The number of anilines is 2. The SMILES string of the molecule is COC(=O)c1cn(-c2ccccc2NC(=O)c2cccc(NC(=O)C3CCCO3)c2)nn1. The van der Waals surface area contributed by atoms with E-state index in [1.807, 2.05) is 0 Å². The van der Waals surface area contributed by atoms with E-state index in [1.54, 1.807) is 48.5 Å². The molecule has 10 heteroatoms. The highest BCUT2D eigenvalue weighted by atomic mass is 16.5. The number of rotatable bonds is 6. The second-order valence-electron chi connectivity index (χ2n) is 7.08. The monoisotopic (exact) mass is 435 g/mol. The molecule has 10 nitrogen and oxygen atoms in total. The summed E-state index contributed by atoms with van der Waals surface area (Å²) in [6.07, 6.45) is 2.49. The minimum absolute atomic E-state index is 0.0447. The van der Waals surface area contributed by atoms with E-state index in [0.29, 0.717) is 35.7 Å². The molecule has 2 amide bonds. The molecule has 0 spiro atoms. The largest absolute Gasteiger partial charge is 0.464 e. The molecular weight excluding hydrogens is 414 g/mol. The summed E-state index contributed by atoms with van der Waals surface area (Å²) in [5, 5.41) is 13.3. The number of benzene rings is 2. The molecule has 2 aromatic carbocycles. The number of methoxy groups -OCH3 is 1. The van der Waals surface area contributed by atoms with E-state index in [4.69, 9.17) is 4.74 Å². The van der Waals surface area contributed by atoms with Crippen molar-refractivity contribution in [1.82, 2.24) is 15.0 Å². The van der Waals surface area contributed by atoms with Crippen LogP contribution in [0.3, 0.4) is 0 Å². The molecule has 2 heterocycles. The van der Waals surface area contributed by atoms with Crippen LogP contribution in [0.2, 0.25) is 0 Å². The number of para-hydroxylation sites is 2. The van der Waals surface area contributed by atoms with Gasteiger partial charge in [-0.05, 0) is 43.2 Å². The Labute approximate surface area is 183 Å². The molecule has 1 atom stereocenters. The minimum Gasteiger partial charge on any atom is -0.464 e. The lowest BCUT2D eigenvalue weighted by Crippen LogP contribution is -2.27. The number of aromatic nitrogens is 3. The third-order valence-electron chi connectivity index (χ3n) is 4.90. The van der Waals surface area contributed by atoms with E-state index in [2.05, 4.69) is 25.7 Å². The number of hydrogen-bond acceptors (Lipinski definition) is 7. The van der Waals surface area contributed by atoms with Gasteiger partial charge in [-0.2, -0.15) is 0 Å². The Morgan fingerprint density at radius 3 is 2.75 bits per heavy atom. The highest BCUT2D eigenvalue weighted by Gasteiger charge is 2.23. The molecule has 3 aromatic rings. The molecule has 1 saturated heterocycles. The standard InChI is InChI=1S/C22H21N5O5/c1-31-22(30)17-13-27(26-25-17)18-9-3-2-8-16(18)24-20(28)14-6-4-7-15(12-14)23-21(29)19-10-5-11-32-19/h2-4,6-9,12-13,19H,5,10-11H2,1H3,(H,23,29)(H,24,28). The first-order valence-electron chi connectivity index (χ1n) is 9.99. The van der Waals surface area contributed by atoms with Gasteiger partial charge in [-0.25, -0.2) is 9.48 Å². The Kier molecular flexibility index (Phi) is 6.22. The molecule has 164 valence electrons. The van der Waals surface area contributed by atoms with Gasteiger partial charge in [0.25, 0.3) is 11.8 Å². The van der Waals surface area contributed by atoms with Gasteiger partial charge in [-0.1, -0.05) is 23.4 Å². The fourth-order valence-electron chi connectivity index (χ4n) is 3.30. The van der Waals surface area contributed by atoms with Gasteiger partial charge in [0.1, 0.15) is 6.10 Å². The third-order valence-corrected chi connectivity index (χ3v) is 4.90. The molecule has 0 radical (unpaired) electrons. The zero-order chi connectivity index (χ0) is 22.5. The molecule has 32 heavy (non-hydrogen) atoms. The molecule has 0 aliphatic carbocycles. The van der Waals surface area contributed by atoms with E-state index >= 15 is 0 Å². The van der Waals surface area contributed by atoms with Crippen molar-refractivity contribution in [2.24, 2.45) is 0 Å². The zero-order valence-corrected chi connectivity index (χ0v) is 17.3. The van der Waals surface area contributed by atoms with Crippen LogP contribution in [-0.4, -0.2) is 52.6 Å². The summed E-state index contributed by atoms with van der Waals surface area (Å²) >= 11 is 0. The van der Waals surface area contributed by atoms with Crippen molar-refractivity contribution in [3.63, 3.8) is 0 Å². The summed E-state index contributed by atoms with van der Waals surface area (Å²) in [7, 11) is 1.26. The van der Waals surface area contributed by atoms with E-state index in [-0.39, 0.29) is 17.5 Å². The van der Waals surface area contributed by atoms with Crippen molar-refractivity contribution < 1.29 is 23.9 Å². The number of hydrogen-bond donors (Lipinski definition) is 2. The number of amides is 2. The van der Waals surface area contributed by atoms with Gasteiger partial charge >= 0.3 is 5.97 Å². The van der Waals surface area contributed by atoms with Gasteiger partial charge < -0.3 is 20.1 Å². The molecule has 1 aromatic heterocycles. The van der Waals surface area contributed by atoms with Crippen molar-refractivity contribution >= 4 is 29.2 Å².